The molecular formula is C25H22ClF3N6O2. The van der Waals surface area contributed by atoms with Crippen molar-refractivity contribution in [3.05, 3.63) is 58.5 Å². The van der Waals surface area contributed by atoms with E-state index in [4.69, 9.17) is 21.3 Å². The molecule has 3 aromatic heterocycles. The van der Waals surface area contributed by atoms with Gasteiger partial charge in [-0.1, -0.05) is 11.6 Å². The molecule has 12 heteroatoms. The molecular weight excluding hydrogens is 509 g/mol. The fraction of sp³-hybridized carbons (Fsp3) is 0.400. The van der Waals surface area contributed by atoms with E-state index in [1.807, 2.05) is 17.1 Å². The number of ether oxygens (including phenoxy) is 2. The summed E-state index contributed by atoms with van der Waals surface area (Å²) in [5.74, 6) is -0.653. The zero-order valence-electron chi connectivity index (χ0n) is 19.7. The molecule has 0 unspecified atom stereocenters. The van der Waals surface area contributed by atoms with Gasteiger partial charge >= 0.3 is 6.61 Å². The van der Waals surface area contributed by atoms with Crippen LogP contribution in [0.1, 0.15) is 60.8 Å². The summed E-state index contributed by atoms with van der Waals surface area (Å²) in [6.45, 7) is -1.11. The number of hydrogen-bond acceptors (Lipinski definition) is 7. The Kier molecular flexibility index (Phi) is 6.20. The Morgan fingerprint density at radius 3 is 2.73 bits per heavy atom. The summed E-state index contributed by atoms with van der Waals surface area (Å²) in [5, 5.41) is 4.68. The minimum absolute atomic E-state index is 0.0561. The molecule has 4 aromatic rings. The molecule has 4 heterocycles. The topological polar surface area (TPSA) is 87.8 Å². The van der Waals surface area contributed by atoms with Crippen LogP contribution < -0.4 is 4.74 Å². The van der Waals surface area contributed by atoms with Crippen LogP contribution in [0.25, 0.3) is 22.4 Å². The van der Waals surface area contributed by atoms with E-state index in [-0.39, 0.29) is 51.0 Å². The van der Waals surface area contributed by atoms with Crippen LogP contribution in [0.3, 0.4) is 0 Å². The third kappa shape index (κ3) is 4.85. The summed E-state index contributed by atoms with van der Waals surface area (Å²) in [4.78, 5) is 17.9. The molecule has 8 nitrogen and oxygen atoms in total. The Balaban J connectivity index is 1.42. The second-order valence-electron chi connectivity index (χ2n) is 9.29. The normalized spacial score (nSPS) is 20.1. The van der Waals surface area contributed by atoms with Crippen molar-refractivity contribution in [1.29, 1.82) is 0 Å². The molecule has 1 aromatic carbocycles. The van der Waals surface area contributed by atoms with Gasteiger partial charge in [0, 0.05) is 34.9 Å². The first-order valence-corrected chi connectivity index (χ1v) is 12.4. The molecule has 2 atom stereocenters. The van der Waals surface area contributed by atoms with Crippen LogP contribution in [0.5, 0.6) is 5.88 Å². The largest absolute Gasteiger partial charge is 0.415 e. The van der Waals surface area contributed by atoms with E-state index in [2.05, 4.69) is 24.8 Å². The van der Waals surface area contributed by atoms with Gasteiger partial charge in [-0.15, -0.1) is 0 Å². The summed E-state index contributed by atoms with van der Waals surface area (Å²) < 4.78 is 53.5. The maximum absolute atomic E-state index is 15.0. The minimum Gasteiger partial charge on any atom is -0.415 e. The van der Waals surface area contributed by atoms with Crippen LogP contribution in [-0.2, 0) is 4.74 Å². The second kappa shape index (κ2) is 9.53. The highest BCUT2D eigenvalue weighted by Crippen LogP contribution is 2.40. The van der Waals surface area contributed by atoms with Crippen molar-refractivity contribution < 1.29 is 22.6 Å². The van der Waals surface area contributed by atoms with Crippen LogP contribution in [-0.4, -0.2) is 42.9 Å². The fourth-order valence-corrected chi connectivity index (χ4v) is 4.76. The Labute approximate surface area is 214 Å². The fourth-order valence-electron chi connectivity index (χ4n) is 4.60. The lowest BCUT2D eigenvalue weighted by Crippen LogP contribution is -2.20. The molecule has 0 bridgehead atoms. The zero-order valence-corrected chi connectivity index (χ0v) is 20.5. The maximum Gasteiger partial charge on any atom is 0.388 e. The molecule has 2 aliphatic rings. The lowest BCUT2D eigenvalue weighted by atomic mass is 9.92. The number of benzene rings is 1. The number of rotatable bonds is 6. The first-order valence-electron chi connectivity index (χ1n) is 12.0. The third-order valence-corrected chi connectivity index (χ3v) is 6.86. The van der Waals surface area contributed by atoms with E-state index in [1.165, 1.54) is 19.1 Å². The number of hydrogen-bond donors (Lipinski definition) is 0. The van der Waals surface area contributed by atoms with Gasteiger partial charge in [-0.3, -0.25) is 4.68 Å². The number of halogens is 4. The van der Waals surface area contributed by atoms with Crippen molar-refractivity contribution in [3.8, 4) is 17.1 Å². The number of aryl methyl sites for hydroxylation is 1. The molecule has 37 heavy (non-hydrogen) atoms. The summed E-state index contributed by atoms with van der Waals surface area (Å²) >= 11 is 5.95. The first kappa shape index (κ1) is 24.1. The van der Waals surface area contributed by atoms with Gasteiger partial charge < -0.3 is 9.47 Å². The molecule has 0 amide bonds. The van der Waals surface area contributed by atoms with E-state index >= 15 is 4.39 Å². The van der Waals surface area contributed by atoms with Crippen LogP contribution in [0.4, 0.5) is 13.2 Å². The standard InChI is InChI=1S/C25H22ClF3N6O2/c1-12-24(37-25(28)29)33-21-20(17-5-2-15(26)9-18(17)27)32-22(34-23(21)31-12)13-6-7-36-19(8-13)14-10-30-35(11-14)16-3-4-16/h2,5,9-11,13,16,19,25H,3-4,6-8H2,1H3/t13-,19+/m1/s1. The average Bonchev–Trinajstić information content (AvgIpc) is 3.60. The van der Waals surface area contributed by atoms with E-state index < -0.39 is 12.4 Å². The summed E-state index contributed by atoms with van der Waals surface area (Å²) in [5.41, 5.74) is 1.58. The van der Waals surface area contributed by atoms with Crippen molar-refractivity contribution in [2.24, 2.45) is 0 Å². The highest BCUT2D eigenvalue weighted by molar-refractivity contribution is 6.30. The lowest BCUT2D eigenvalue weighted by Gasteiger charge is -2.28. The molecule has 1 aliphatic carbocycles. The molecule has 1 aliphatic heterocycles. The van der Waals surface area contributed by atoms with E-state index in [1.54, 1.807) is 0 Å². The Bertz CT molecular complexity index is 1480. The monoisotopic (exact) mass is 530 g/mol. The molecule has 0 radical (unpaired) electrons. The van der Waals surface area contributed by atoms with Gasteiger partial charge in [0.05, 0.1) is 18.3 Å². The maximum atomic E-state index is 15.0. The smallest absolute Gasteiger partial charge is 0.388 e. The third-order valence-electron chi connectivity index (χ3n) is 6.63. The Hall–Kier alpha value is -3.31. The highest BCUT2D eigenvalue weighted by atomic mass is 35.5. The predicted octanol–water partition coefficient (Wildman–Crippen LogP) is 5.96. The van der Waals surface area contributed by atoms with Gasteiger partial charge in [0.2, 0.25) is 5.88 Å². The highest BCUT2D eigenvalue weighted by Gasteiger charge is 2.31. The minimum atomic E-state index is -3.09. The first-order chi connectivity index (χ1) is 17.9. The quantitative estimate of drug-likeness (QED) is 0.304. The second-order valence-corrected chi connectivity index (χ2v) is 9.72. The molecule has 1 saturated heterocycles. The van der Waals surface area contributed by atoms with Gasteiger partial charge in [-0.05, 0) is 50.8 Å². The van der Waals surface area contributed by atoms with Crippen molar-refractivity contribution in [1.82, 2.24) is 29.7 Å². The van der Waals surface area contributed by atoms with Crippen LogP contribution in [0.2, 0.25) is 5.02 Å². The molecule has 1 saturated carbocycles. The number of alkyl halides is 2. The van der Waals surface area contributed by atoms with E-state index in [0.717, 1.165) is 24.5 Å². The summed E-state index contributed by atoms with van der Waals surface area (Å²) in [6.07, 6.45) is 7.20. The van der Waals surface area contributed by atoms with Gasteiger partial charge in [0.25, 0.3) is 0 Å². The van der Waals surface area contributed by atoms with Crippen LogP contribution >= 0.6 is 11.6 Å². The van der Waals surface area contributed by atoms with Crippen LogP contribution in [0, 0.1) is 12.7 Å². The lowest BCUT2D eigenvalue weighted by molar-refractivity contribution is -0.0534. The van der Waals surface area contributed by atoms with Crippen molar-refractivity contribution in [2.75, 3.05) is 6.61 Å². The molecule has 6 rings (SSSR count). The van der Waals surface area contributed by atoms with Crippen molar-refractivity contribution in [2.45, 2.75) is 57.3 Å². The predicted molar refractivity (Wildman–Crippen MR) is 128 cm³/mol. The molecule has 192 valence electrons. The van der Waals surface area contributed by atoms with Crippen LogP contribution in [0.15, 0.2) is 30.6 Å². The zero-order chi connectivity index (χ0) is 25.7. The van der Waals surface area contributed by atoms with E-state index in [0.29, 0.717) is 31.3 Å². The van der Waals surface area contributed by atoms with Crippen molar-refractivity contribution >= 4 is 22.8 Å². The van der Waals surface area contributed by atoms with Gasteiger partial charge in [-0.25, -0.2) is 24.3 Å². The number of aromatic nitrogens is 6. The SMILES string of the molecule is Cc1nc2nc([C@@H]3CCO[C@H](c4cnn(C5CC5)c4)C3)nc(-c3ccc(Cl)cc3F)c2nc1OC(F)F. The number of fused-ring (bicyclic) bond motifs is 1. The molecule has 0 N–H and O–H groups in total. The molecule has 0 spiro atoms. The Morgan fingerprint density at radius 1 is 1.14 bits per heavy atom. The Morgan fingerprint density at radius 2 is 1.97 bits per heavy atom. The summed E-state index contributed by atoms with van der Waals surface area (Å²) in [6, 6.07) is 4.62. The summed E-state index contributed by atoms with van der Waals surface area (Å²) in [7, 11) is 0. The van der Waals surface area contributed by atoms with E-state index in [9.17, 15) is 8.78 Å². The number of nitrogens with zero attached hydrogens (tertiary/aromatic N) is 6. The van der Waals surface area contributed by atoms with Crippen molar-refractivity contribution in [3.63, 3.8) is 0 Å². The van der Waals surface area contributed by atoms with Gasteiger partial charge in [0.1, 0.15) is 28.5 Å². The van der Waals surface area contributed by atoms with Gasteiger partial charge in [0.15, 0.2) is 5.65 Å². The molecule has 2 fully saturated rings. The average molecular weight is 531 g/mol. The van der Waals surface area contributed by atoms with Gasteiger partial charge in [-0.2, -0.15) is 13.9 Å².